The number of Topliss-reactive ketones (excluding diaryl/α,β-unsaturated/α-hetero) is 1. The Morgan fingerprint density at radius 3 is 2.65 bits per heavy atom. The normalized spacial score (nSPS) is 35.1. The van der Waals surface area contributed by atoms with Crippen molar-refractivity contribution in [3.05, 3.63) is 23.3 Å². The SMILES string of the molecule is Cc1ccc(O)c(O)c1C12CCN(C)C(C)C1(O)CCC(=O)C2. The fourth-order valence-electron chi connectivity index (χ4n) is 4.70. The number of aromatic hydroxyl groups is 2. The number of phenolic OH excluding ortho intramolecular Hbond substituents is 2. The molecule has 0 amide bonds. The van der Waals surface area contributed by atoms with E-state index in [-0.39, 0.29) is 29.7 Å². The summed E-state index contributed by atoms with van der Waals surface area (Å²) in [6.07, 6.45) is 1.52. The molecule has 126 valence electrons. The molecular formula is C18H25NO4. The van der Waals surface area contributed by atoms with Gasteiger partial charge in [0.25, 0.3) is 0 Å². The third-order valence-corrected chi connectivity index (χ3v) is 6.20. The molecule has 0 bridgehead atoms. The summed E-state index contributed by atoms with van der Waals surface area (Å²) in [5.41, 5.74) is -0.622. The number of hydrogen-bond acceptors (Lipinski definition) is 5. The second-order valence-electron chi connectivity index (χ2n) is 7.25. The van der Waals surface area contributed by atoms with E-state index >= 15 is 0 Å². The van der Waals surface area contributed by atoms with Gasteiger partial charge < -0.3 is 20.2 Å². The van der Waals surface area contributed by atoms with Crippen LogP contribution < -0.4 is 0 Å². The van der Waals surface area contributed by atoms with Gasteiger partial charge in [-0.25, -0.2) is 0 Å². The van der Waals surface area contributed by atoms with Crippen molar-refractivity contribution in [1.29, 1.82) is 0 Å². The molecule has 3 rings (SSSR count). The number of rotatable bonds is 1. The summed E-state index contributed by atoms with van der Waals surface area (Å²) in [5.74, 6) is -0.296. The topological polar surface area (TPSA) is 81.0 Å². The Morgan fingerprint density at radius 2 is 1.96 bits per heavy atom. The average molecular weight is 319 g/mol. The molecule has 1 aliphatic heterocycles. The maximum atomic E-state index is 12.3. The lowest BCUT2D eigenvalue weighted by Gasteiger charge is -2.59. The van der Waals surface area contributed by atoms with Gasteiger partial charge >= 0.3 is 0 Å². The zero-order valence-electron chi connectivity index (χ0n) is 14.0. The van der Waals surface area contributed by atoms with Crippen LogP contribution in [0.15, 0.2) is 12.1 Å². The van der Waals surface area contributed by atoms with Crippen molar-refractivity contribution in [3.8, 4) is 11.5 Å². The fourth-order valence-corrected chi connectivity index (χ4v) is 4.70. The highest BCUT2D eigenvalue weighted by Crippen LogP contribution is 2.56. The number of benzene rings is 1. The van der Waals surface area contributed by atoms with Crippen molar-refractivity contribution in [3.63, 3.8) is 0 Å². The molecule has 1 aromatic rings. The molecule has 3 atom stereocenters. The second kappa shape index (κ2) is 5.21. The number of fused-ring (bicyclic) bond motifs is 1. The molecule has 3 unspecified atom stereocenters. The summed E-state index contributed by atoms with van der Waals surface area (Å²) in [4.78, 5) is 14.4. The van der Waals surface area contributed by atoms with E-state index in [1.165, 1.54) is 6.07 Å². The minimum atomic E-state index is -1.11. The van der Waals surface area contributed by atoms with E-state index in [0.29, 0.717) is 24.8 Å². The molecule has 1 aromatic carbocycles. The maximum Gasteiger partial charge on any atom is 0.161 e. The van der Waals surface area contributed by atoms with Crippen molar-refractivity contribution >= 4 is 5.78 Å². The minimum Gasteiger partial charge on any atom is -0.504 e. The lowest BCUT2D eigenvalue weighted by Crippen LogP contribution is -2.69. The first-order valence-electron chi connectivity index (χ1n) is 8.19. The van der Waals surface area contributed by atoms with Crippen molar-refractivity contribution in [1.82, 2.24) is 4.90 Å². The summed E-state index contributed by atoms with van der Waals surface area (Å²) < 4.78 is 0. The van der Waals surface area contributed by atoms with Crippen LogP contribution in [0.4, 0.5) is 0 Å². The van der Waals surface area contributed by atoms with E-state index in [2.05, 4.69) is 4.90 Å². The van der Waals surface area contributed by atoms with Crippen LogP contribution >= 0.6 is 0 Å². The molecule has 23 heavy (non-hydrogen) atoms. The first-order valence-corrected chi connectivity index (χ1v) is 8.19. The van der Waals surface area contributed by atoms with Crippen molar-refractivity contribution in [2.75, 3.05) is 13.6 Å². The first-order chi connectivity index (χ1) is 10.7. The first kappa shape index (κ1) is 16.3. The second-order valence-corrected chi connectivity index (χ2v) is 7.25. The quantitative estimate of drug-likeness (QED) is 0.688. The van der Waals surface area contributed by atoms with Crippen molar-refractivity contribution in [2.24, 2.45) is 0 Å². The van der Waals surface area contributed by atoms with Crippen LogP contribution in [0, 0.1) is 6.92 Å². The predicted molar refractivity (Wildman–Crippen MR) is 86.7 cm³/mol. The van der Waals surface area contributed by atoms with E-state index in [4.69, 9.17) is 0 Å². The van der Waals surface area contributed by atoms with E-state index in [1.54, 1.807) is 6.07 Å². The van der Waals surface area contributed by atoms with E-state index in [1.807, 2.05) is 20.9 Å². The Kier molecular flexibility index (Phi) is 3.69. The molecule has 1 saturated carbocycles. The summed E-state index contributed by atoms with van der Waals surface area (Å²) in [6.45, 7) is 4.55. The Labute approximate surface area is 136 Å². The molecule has 0 aromatic heterocycles. The molecule has 5 nitrogen and oxygen atoms in total. The number of piperidine rings is 1. The van der Waals surface area contributed by atoms with Gasteiger partial charge in [-0.05, 0) is 51.9 Å². The van der Waals surface area contributed by atoms with Gasteiger partial charge in [0.2, 0.25) is 0 Å². The molecule has 1 saturated heterocycles. The number of aliphatic hydroxyl groups is 1. The molecule has 1 heterocycles. The summed E-state index contributed by atoms with van der Waals surface area (Å²) in [6, 6.07) is 3.06. The van der Waals surface area contributed by atoms with Crippen LogP contribution in [-0.2, 0) is 10.2 Å². The number of likely N-dealkylation sites (N-methyl/N-ethyl adjacent to an activating group) is 1. The zero-order chi connectivity index (χ0) is 17.0. The molecule has 3 N–H and O–H groups in total. The third kappa shape index (κ3) is 2.10. The number of carbonyl (C=O) groups excluding carboxylic acids is 1. The Hall–Kier alpha value is -1.59. The molecule has 0 radical (unpaired) electrons. The largest absolute Gasteiger partial charge is 0.504 e. The third-order valence-electron chi connectivity index (χ3n) is 6.20. The summed E-state index contributed by atoms with van der Waals surface area (Å²) in [5, 5.41) is 32.1. The van der Waals surface area contributed by atoms with Crippen molar-refractivity contribution < 1.29 is 20.1 Å². The lowest BCUT2D eigenvalue weighted by molar-refractivity contribution is -0.161. The van der Waals surface area contributed by atoms with Crippen LogP contribution in [0.2, 0.25) is 0 Å². The number of aryl methyl sites for hydroxylation is 1. The molecule has 5 heteroatoms. The fraction of sp³-hybridized carbons (Fsp3) is 0.611. The lowest BCUT2D eigenvalue weighted by atomic mass is 9.53. The van der Waals surface area contributed by atoms with Crippen LogP contribution in [0.3, 0.4) is 0 Å². The molecule has 2 aliphatic rings. The number of carbonyl (C=O) groups is 1. The molecule has 1 aliphatic carbocycles. The highest BCUT2D eigenvalue weighted by atomic mass is 16.3. The van der Waals surface area contributed by atoms with Gasteiger partial charge in [-0.1, -0.05) is 6.07 Å². The predicted octanol–water partition coefficient (Wildman–Crippen LogP) is 1.85. The van der Waals surface area contributed by atoms with E-state index < -0.39 is 11.0 Å². The molecular weight excluding hydrogens is 294 g/mol. The number of hydrogen-bond donors (Lipinski definition) is 3. The Bertz CT molecular complexity index is 659. The van der Waals surface area contributed by atoms with Crippen molar-refractivity contribution in [2.45, 2.75) is 56.6 Å². The standard InChI is InChI=1S/C18H25NO4/c1-11-4-5-14(21)16(22)15(11)17-8-9-19(3)12(2)18(17,23)7-6-13(20)10-17/h4-5,12,21-23H,6-10H2,1-3H3. The maximum absolute atomic E-state index is 12.3. The number of ketones is 1. The van der Waals surface area contributed by atoms with Crippen LogP contribution in [0.1, 0.15) is 43.7 Å². The Morgan fingerprint density at radius 1 is 1.26 bits per heavy atom. The van der Waals surface area contributed by atoms with E-state index in [9.17, 15) is 20.1 Å². The van der Waals surface area contributed by atoms with Gasteiger partial charge in [0.15, 0.2) is 11.5 Å². The van der Waals surface area contributed by atoms with Gasteiger partial charge in [0.05, 0.1) is 5.60 Å². The van der Waals surface area contributed by atoms with Gasteiger partial charge in [-0.3, -0.25) is 4.79 Å². The smallest absolute Gasteiger partial charge is 0.161 e. The number of phenols is 2. The number of likely N-dealkylation sites (tertiary alicyclic amines) is 1. The van der Waals surface area contributed by atoms with Crippen LogP contribution in [0.5, 0.6) is 11.5 Å². The van der Waals surface area contributed by atoms with Gasteiger partial charge in [-0.15, -0.1) is 0 Å². The monoisotopic (exact) mass is 319 g/mol. The molecule has 2 fully saturated rings. The van der Waals surface area contributed by atoms with Crippen LogP contribution in [0.25, 0.3) is 0 Å². The summed E-state index contributed by atoms with van der Waals surface area (Å²) in [7, 11) is 1.97. The average Bonchev–Trinajstić information content (AvgIpc) is 2.50. The van der Waals surface area contributed by atoms with E-state index in [0.717, 1.165) is 12.1 Å². The van der Waals surface area contributed by atoms with Crippen LogP contribution in [-0.4, -0.2) is 51.2 Å². The Balaban J connectivity index is 2.27. The summed E-state index contributed by atoms with van der Waals surface area (Å²) >= 11 is 0. The van der Waals surface area contributed by atoms with Gasteiger partial charge in [0.1, 0.15) is 5.78 Å². The van der Waals surface area contributed by atoms with Gasteiger partial charge in [0, 0.05) is 29.9 Å². The number of nitrogens with zero attached hydrogens (tertiary/aromatic N) is 1. The highest BCUT2D eigenvalue weighted by Gasteiger charge is 2.61. The van der Waals surface area contributed by atoms with Gasteiger partial charge in [-0.2, -0.15) is 0 Å². The molecule has 0 spiro atoms. The highest BCUT2D eigenvalue weighted by molar-refractivity contribution is 5.82. The minimum absolute atomic E-state index is 0.105. The zero-order valence-corrected chi connectivity index (χ0v) is 14.0.